The molecule has 2 aliphatic heterocycles. The van der Waals surface area contributed by atoms with Gasteiger partial charge in [0, 0.05) is 44.2 Å². The predicted molar refractivity (Wildman–Crippen MR) is 137 cm³/mol. The zero-order chi connectivity index (χ0) is 24.2. The third-order valence-corrected chi connectivity index (χ3v) is 7.86. The van der Waals surface area contributed by atoms with Crippen LogP contribution in [0, 0.1) is 31.6 Å². The Labute approximate surface area is 204 Å². The summed E-state index contributed by atoms with van der Waals surface area (Å²) in [5.41, 5.74) is 4.18. The van der Waals surface area contributed by atoms with Gasteiger partial charge in [-0.2, -0.15) is 0 Å². The van der Waals surface area contributed by atoms with Gasteiger partial charge in [-0.15, -0.1) is 0 Å². The van der Waals surface area contributed by atoms with Crippen molar-refractivity contribution in [3.8, 4) is 0 Å². The molecular weight excluding hydrogens is 422 g/mol. The maximum atomic E-state index is 13.2. The smallest absolute Gasteiger partial charge is 0.254 e. The van der Waals surface area contributed by atoms with Crippen molar-refractivity contribution in [1.82, 2.24) is 15.1 Å². The van der Waals surface area contributed by atoms with Crippen LogP contribution < -0.4 is 5.32 Å². The standard InChI is InChI=1S/C29H39N3O2/c1-5-20(2)28(33)30-26(23-12-7-6-8-13-23)14-15-31-16-24-18-32(19-25(24)17-31)29(34)27-21(3)10-9-11-22(27)4/h6-13,20,24-26H,5,14-19H2,1-4H3,(H,30,33)/t20?,24-,25?,26?/m0/s1. The molecule has 2 saturated heterocycles. The van der Waals surface area contributed by atoms with Crippen LogP contribution in [0.25, 0.3) is 0 Å². The fourth-order valence-electron chi connectivity index (χ4n) is 5.57. The average molecular weight is 462 g/mol. The highest BCUT2D eigenvalue weighted by Crippen LogP contribution is 2.33. The molecule has 182 valence electrons. The monoisotopic (exact) mass is 461 g/mol. The van der Waals surface area contributed by atoms with Crippen LogP contribution in [0.1, 0.15) is 59.8 Å². The van der Waals surface area contributed by atoms with Crippen LogP contribution in [0.2, 0.25) is 0 Å². The van der Waals surface area contributed by atoms with Gasteiger partial charge in [0.25, 0.3) is 5.91 Å². The van der Waals surface area contributed by atoms with E-state index in [-0.39, 0.29) is 23.8 Å². The molecule has 2 fully saturated rings. The number of benzene rings is 2. The van der Waals surface area contributed by atoms with E-state index < -0.39 is 0 Å². The highest BCUT2D eigenvalue weighted by molar-refractivity contribution is 5.97. The molecule has 0 saturated carbocycles. The predicted octanol–water partition coefficient (Wildman–Crippen LogP) is 4.60. The molecule has 2 heterocycles. The largest absolute Gasteiger partial charge is 0.349 e. The molecule has 0 aliphatic carbocycles. The van der Waals surface area contributed by atoms with Crippen molar-refractivity contribution < 1.29 is 9.59 Å². The number of aryl methyl sites for hydroxylation is 2. The second-order valence-corrected chi connectivity index (χ2v) is 10.3. The third kappa shape index (κ3) is 5.35. The van der Waals surface area contributed by atoms with E-state index in [0.29, 0.717) is 11.8 Å². The van der Waals surface area contributed by atoms with Crippen LogP contribution in [0.3, 0.4) is 0 Å². The molecule has 0 spiro atoms. The highest BCUT2D eigenvalue weighted by atomic mass is 16.2. The van der Waals surface area contributed by atoms with E-state index in [1.54, 1.807) is 0 Å². The van der Waals surface area contributed by atoms with E-state index in [9.17, 15) is 9.59 Å². The molecule has 4 atom stereocenters. The van der Waals surface area contributed by atoms with E-state index in [0.717, 1.165) is 62.3 Å². The van der Waals surface area contributed by atoms with Gasteiger partial charge in [0.2, 0.25) is 5.91 Å². The minimum absolute atomic E-state index is 0.0257. The van der Waals surface area contributed by atoms with Crippen molar-refractivity contribution in [3.05, 3.63) is 70.8 Å². The molecule has 0 bridgehead atoms. The summed E-state index contributed by atoms with van der Waals surface area (Å²) in [6.45, 7) is 12.8. The summed E-state index contributed by atoms with van der Waals surface area (Å²) in [6.07, 6.45) is 1.75. The van der Waals surface area contributed by atoms with Crippen molar-refractivity contribution in [1.29, 1.82) is 0 Å². The maximum Gasteiger partial charge on any atom is 0.254 e. The minimum atomic E-state index is 0.0257. The molecule has 0 aromatic heterocycles. The Hall–Kier alpha value is -2.66. The summed E-state index contributed by atoms with van der Waals surface area (Å²) in [6, 6.07) is 16.4. The molecule has 2 amide bonds. The second kappa shape index (κ2) is 10.7. The number of fused-ring (bicyclic) bond motifs is 1. The summed E-state index contributed by atoms with van der Waals surface area (Å²) in [5, 5.41) is 3.29. The number of amides is 2. The van der Waals surface area contributed by atoms with E-state index in [4.69, 9.17) is 0 Å². The van der Waals surface area contributed by atoms with Crippen molar-refractivity contribution in [2.45, 2.75) is 46.6 Å². The van der Waals surface area contributed by atoms with E-state index >= 15 is 0 Å². The molecular formula is C29H39N3O2. The molecule has 5 heteroatoms. The molecule has 5 nitrogen and oxygen atoms in total. The number of rotatable bonds is 8. The van der Waals surface area contributed by atoms with Crippen LogP contribution in [-0.2, 0) is 4.79 Å². The molecule has 3 unspecified atom stereocenters. The average Bonchev–Trinajstić information content (AvgIpc) is 3.40. The fraction of sp³-hybridized carbons (Fsp3) is 0.517. The van der Waals surface area contributed by atoms with Gasteiger partial charge in [-0.3, -0.25) is 9.59 Å². The van der Waals surface area contributed by atoms with Gasteiger partial charge < -0.3 is 15.1 Å². The molecule has 1 N–H and O–H groups in total. The first-order valence-corrected chi connectivity index (χ1v) is 12.8. The Morgan fingerprint density at radius 1 is 0.941 bits per heavy atom. The Kier molecular flexibility index (Phi) is 7.72. The molecule has 2 aliphatic rings. The van der Waals surface area contributed by atoms with Gasteiger partial charge in [0.15, 0.2) is 0 Å². The van der Waals surface area contributed by atoms with E-state index in [1.165, 1.54) is 5.56 Å². The first kappa shape index (κ1) is 24.5. The van der Waals surface area contributed by atoms with Crippen molar-refractivity contribution in [3.63, 3.8) is 0 Å². The Morgan fingerprint density at radius 3 is 2.15 bits per heavy atom. The van der Waals surface area contributed by atoms with Crippen molar-refractivity contribution >= 4 is 11.8 Å². The van der Waals surface area contributed by atoms with Gasteiger partial charge in [0.05, 0.1) is 6.04 Å². The lowest BCUT2D eigenvalue weighted by molar-refractivity contribution is -0.125. The number of carbonyl (C=O) groups excluding carboxylic acids is 2. The van der Waals surface area contributed by atoms with Gasteiger partial charge in [-0.05, 0) is 55.2 Å². The number of hydrogen-bond acceptors (Lipinski definition) is 3. The van der Waals surface area contributed by atoms with Crippen molar-refractivity contribution in [2.75, 3.05) is 32.7 Å². The normalized spacial score (nSPS) is 21.8. The SMILES string of the molecule is CCC(C)C(=O)NC(CCN1CC2CN(C(=O)c3c(C)cccc3C)C[C@@H]2C1)c1ccccc1. The van der Waals surface area contributed by atoms with Crippen molar-refractivity contribution in [2.24, 2.45) is 17.8 Å². The lowest BCUT2D eigenvalue weighted by atomic mass is 10.0. The molecule has 0 radical (unpaired) electrons. The fourth-order valence-corrected chi connectivity index (χ4v) is 5.57. The van der Waals surface area contributed by atoms with Gasteiger partial charge in [0.1, 0.15) is 0 Å². The summed E-state index contributed by atoms with van der Waals surface area (Å²) in [5.74, 6) is 1.43. The summed E-state index contributed by atoms with van der Waals surface area (Å²) < 4.78 is 0. The first-order chi connectivity index (χ1) is 16.4. The number of carbonyl (C=O) groups is 2. The van der Waals surface area contributed by atoms with Crippen LogP contribution in [0.15, 0.2) is 48.5 Å². The molecule has 2 aromatic rings. The van der Waals surface area contributed by atoms with Crippen LogP contribution >= 0.6 is 0 Å². The molecule has 2 aromatic carbocycles. The zero-order valence-electron chi connectivity index (χ0n) is 21.1. The number of hydrogen-bond donors (Lipinski definition) is 1. The van der Waals surface area contributed by atoms with Gasteiger partial charge in [-0.1, -0.05) is 62.4 Å². The molecule has 4 rings (SSSR count). The number of nitrogens with one attached hydrogen (secondary N) is 1. The lowest BCUT2D eigenvalue weighted by Gasteiger charge is -2.26. The summed E-state index contributed by atoms with van der Waals surface area (Å²) in [4.78, 5) is 30.4. The van der Waals surface area contributed by atoms with E-state index in [1.807, 2.05) is 57.2 Å². The maximum absolute atomic E-state index is 13.2. The Bertz CT molecular complexity index is 971. The topological polar surface area (TPSA) is 52.7 Å². The quantitative estimate of drug-likeness (QED) is 0.625. The minimum Gasteiger partial charge on any atom is -0.349 e. The number of likely N-dealkylation sites (tertiary alicyclic amines) is 2. The van der Waals surface area contributed by atoms with Crippen LogP contribution in [-0.4, -0.2) is 54.3 Å². The Morgan fingerprint density at radius 2 is 1.56 bits per heavy atom. The van der Waals surface area contributed by atoms with Crippen LogP contribution in [0.4, 0.5) is 0 Å². The highest BCUT2D eigenvalue weighted by Gasteiger charge is 2.42. The number of nitrogens with zero attached hydrogens (tertiary/aromatic N) is 2. The summed E-state index contributed by atoms with van der Waals surface area (Å²) in [7, 11) is 0. The molecule has 34 heavy (non-hydrogen) atoms. The third-order valence-electron chi connectivity index (χ3n) is 7.86. The van der Waals surface area contributed by atoms with E-state index in [2.05, 4.69) is 34.2 Å². The zero-order valence-corrected chi connectivity index (χ0v) is 21.1. The van der Waals surface area contributed by atoms with Gasteiger partial charge >= 0.3 is 0 Å². The summed E-state index contributed by atoms with van der Waals surface area (Å²) >= 11 is 0. The first-order valence-electron chi connectivity index (χ1n) is 12.8. The lowest BCUT2D eigenvalue weighted by Crippen LogP contribution is -2.36. The second-order valence-electron chi connectivity index (χ2n) is 10.3. The van der Waals surface area contributed by atoms with Gasteiger partial charge in [-0.25, -0.2) is 0 Å². The van der Waals surface area contributed by atoms with Crippen LogP contribution in [0.5, 0.6) is 0 Å². The Balaban J connectivity index is 1.34.